The van der Waals surface area contributed by atoms with Gasteiger partial charge in [-0.3, -0.25) is 14.8 Å². The number of hydrogen-bond acceptors (Lipinski definition) is 6. The van der Waals surface area contributed by atoms with Gasteiger partial charge in [-0.1, -0.05) is 25.9 Å². The van der Waals surface area contributed by atoms with E-state index in [0.29, 0.717) is 22.9 Å². The number of methoxy groups -OCH3 is 2. The standard InChI is InChI=1S/C20H24N4O4/c1-20(2,3)17-11-18(28-23-17)21-19(25)15-10-14(22-24(15)4)13-9-12(26-5)7-8-16(13)27-6/h7-11H,1-6H3,(H,21,25). The second-order valence-electron chi connectivity index (χ2n) is 7.39. The number of aryl methyl sites for hydroxylation is 1. The van der Waals surface area contributed by atoms with Gasteiger partial charge in [0.2, 0.25) is 5.88 Å². The molecule has 148 valence electrons. The quantitative estimate of drug-likeness (QED) is 0.722. The summed E-state index contributed by atoms with van der Waals surface area (Å²) in [5, 5.41) is 11.2. The van der Waals surface area contributed by atoms with Gasteiger partial charge in [-0.2, -0.15) is 5.10 Å². The number of carbonyl (C=O) groups excluding carboxylic acids is 1. The Morgan fingerprint density at radius 3 is 2.50 bits per heavy atom. The Hall–Kier alpha value is -3.29. The summed E-state index contributed by atoms with van der Waals surface area (Å²) in [7, 11) is 4.87. The van der Waals surface area contributed by atoms with Crippen molar-refractivity contribution in [2.75, 3.05) is 19.5 Å². The second kappa shape index (κ2) is 7.38. The van der Waals surface area contributed by atoms with Crippen molar-refractivity contribution in [3.63, 3.8) is 0 Å². The lowest BCUT2D eigenvalue weighted by molar-refractivity contribution is 0.101. The smallest absolute Gasteiger partial charge is 0.276 e. The number of carbonyl (C=O) groups is 1. The molecule has 2 aromatic heterocycles. The highest BCUT2D eigenvalue weighted by Gasteiger charge is 2.22. The molecule has 8 nitrogen and oxygen atoms in total. The van der Waals surface area contributed by atoms with Crippen molar-refractivity contribution in [3.8, 4) is 22.8 Å². The molecule has 1 aromatic carbocycles. The molecule has 0 spiro atoms. The maximum absolute atomic E-state index is 12.7. The topological polar surface area (TPSA) is 91.4 Å². The molecule has 28 heavy (non-hydrogen) atoms. The van der Waals surface area contributed by atoms with Crippen molar-refractivity contribution in [2.45, 2.75) is 26.2 Å². The molecule has 0 aliphatic rings. The van der Waals surface area contributed by atoms with Crippen molar-refractivity contribution in [2.24, 2.45) is 7.05 Å². The second-order valence-corrected chi connectivity index (χ2v) is 7.39. The number of rotatable bonds is 5. The largest absolute Gasteiger partial charge is 0.497 e. The lowest BCUT2D eigenvalue weighted by atomic mass is 9.92. The minimum absolute atomic E-state index is 0.172. The molecule has 0 saturated carbocycles. The van der Waals surface area contributed by atoms with Crippen LogP contribution in [0.4, 0.5) is 5.88 Å². The summed E-state index contributed by atoms with van der Waals surface area (Å²) in [5.41, 5.74) is 2.28. The van der Waals surface area contributed by atoms with Crippen LogP contribution in [-0.2, 0) is 12.5 Å². The summed E-state index contributed by atoms with van der Waals surface area (Å²) in [6, 6.07) is 8.82. The van der Waals surface area contributed by atoms with Crippen LogP contribution in [0.15, 0.2) is 34.9 Å². The first-order valence-corrected chi connectivity index (χ1v) is 8.78. The number of benzene rings is 1. The Morgan fingerprint density at radius 2 is 1.89 bits per heavy atom. The van der Waals surface area contributed by atoms with Gasteiger partial charge in [0.05, 0.1) is 25.6 Å². The zero-order valence-electron chi connectivity index (χ0n) is 16.9. The average Bonchev–Trinajstić information content (AvgIpc) is 3.27. The maximum atomic E-state index is 12.7. The molecule has 0 fully saturated rings. The summed E-state index contributed by atoms with van der Waals surface area (Å²) in [4.78, 5) is 12.7. The van der Waals surface area contributed by atoms with Gasteiger partial charge in [-0.25, -0.2) is 0 Å². The van der Waals surface area contributed by atoms with Crippen molar-refractivity contribution in [3.05, 3.63) is 41.7 Å². The molecule has 3 rings (SSSR count). The Labute approximate surface area is 163 Å². The highest BCUT2D eigenvalue weighted by molar-refractivity contribution is 6.03. The summed E-state index contributed by atoms with van der Waals surface area (Å²) < 4.78 is 17.4. The van der Waals surface area contributed by atoms with Gasteiger partial charge in [0, 0.05) is 24.1 Å². The molecule has 8 heteroatoms. The number of ether oxygens (including phenoxy) is 2. The van der Waals surface area contributed by atoms with Gasteiger partial charge in [0.15, 0.2) is 0 Å². The van der Waals surface area contributed by atoms with Crippen LogP contribution in [-0.4, -0.2) is 35.1 Å². The first-order valence-electron chi connectivity index (χ1n) is 8.78. The van der Waals surface area contributed by atoms with Crippen LogP contribution >= 0.6 is 0 Å². The van der Waals surface area contributed by atoms with E-state index in [9.17, 15) is 4.79 Å². The monoisotopic (exact) mass is 384 g/mol. The molecule has 0 bridgehead atoms. The Kier molecular flexibility index (Phi) is 5.13. The number of aromatic nitrogens is 3. The van der Waals surface area contributed by atoms with Crippen LogP contribution in [0.25, 0.3) is 11.3 Å². The van der Waals surface area contributed by atoms with Crippen molar-refractivity contribution >= 4 is 11.8 Å². The van der Waals surface area contributed by atoms with Crippen LogP contribution in [0.5, 0.6) is 11.5 Å². The fourth-order valence-corrected chi connectivity index (χ4v) is 2.69. The fraction of sp³-hybridized carbons (Fsp3) is 0.350. The van der Waals surface area contributed by atoms with E-state index in [1.807, 2.05) is 26.8 Å². The Morgan fingerprint density at radius 1 is 1.14 bits per heavy atom. The molecule has 0 unspecified atom stereocenters. The average molecular weight is 384 g/mol. The number of amides is 1. The summed E-state index contributed by atoms with van der Waals surface area (Å²) in [5.74, 6) is 1.25. The van der Waals surface area contributed by atoms with E-state index < -0.39 is 0 Å². The summed E-state index contributed by atoms with van der Waals surface area (Å²) in [6.07, 6.45) is 0. The highest BCUT2D eigenvalue weighted by Crippen LogP contribution is 2.33. The van der Waals surface area contributed by atoms with E-state index in [2.05, 4.69) is 15.6 Å². The van der Waals surface area contributed by atoms with Crippen molar-refractivity contribution in [1.82, 2.24) is 14.9 Å². The predicted octanol–water partition coefficient (Wildman–Crippen LogP) is 3.64. The molecule has 0 saturated heterocycles. The summed E-state index contributed by atoms with van der Waals surface area (Å²) in [6.45, 7) is 6.06. The molecule has 2 heterocycles. The van der Waals surface area contributed by atoms with Gasteiger partial charge in [0.25, 0.3) is 5.91 Å². The van der Waals surface area contributed by atoms with Crippen LogP contribution in [0.2, 0.25) is 0 Å². The van der Waals surface area contributed by atoms with E-state index >= 15 is 0 Å². The van der Waals surface area contributed by atoms with Crippen LogP contribution < -0.4 is 14.8 Å². The van der Waals surface area contributed by atoms with E-state index in [4.69, 9.17) is 14.0 Å². The lowest BCUT2D eigenvalue weighted by Gasteiger charge is -2.12. The number of nitrogens with one attached hydrogen (secondary N) is 1. The van der Waals surface area contributed by atoms with E-state index in [1.54, 1.807) is 45.5 Å². The Balaban J connectivity index is 1.88. The molecule has 0 radical (unpaired) electrons. The number of hydrogen-bond donors (Lipinski definition) is 1. The molecule has 0 aliphatic carbocycles. The molecule has 1 amide bonds. The third kappa shape index (κ3) is 3.85. The van der Waals surface area contributed by atoms with Crippen LogP contribution in [0.3, 0.4) is 0 Å². The molecule has 3 aromatic rings. The molecule has 0 atom stereocenters. The SMILES string of the molecule is COc1ccc(OC)c(-c2cc(C(=O)Nc3cc(C(C)(C)C)no3)n(C)n2)c1. The van der Waals surface area contributed by atoms with Crippen molar-refractivity contribution < 1.29 is 18.8 Å². The first-order chi connectivity index (χ1) is 13.2. The molecule has 1 N–H and O–H groups in total. The molecular formula is C20H24N4O4. The van der Waals surface area contributed by atoms with Gasteiger partial charge < -0.3 is 14.0 Å². The number of anilines is 1. The van der Waals surface area contributed by atoms with Crippen LogP contribution in [0.1, 0.15) is 37.0 Å². The van der Waals surface area contributed by atoms with Gasteiger partial charge in [0.1, 0.15) is 17.2 Å². The summed E-state index contributed by atoms with van der Waals surface area (Å²) >= 11 is 0. The molecular weight excluding hydrogens is 360 g/mol. The van der Waals surface area contributed by atoms with Gasteiger partial charge in [-0.05, 0) is 24.3 Å². The highest BCUT2D eigenvalue weighted by atomic mass is 16.5. The third-order valence-electron chi connectivity index (χ3n) is 4.31. The first kappa shape index (κ1) is 19.5. The Bertz CT molecular complexity index is 998. The predicted molar refractivity (Wildman–Crippen MR) is 105 cm³/mol. The number of nitrogens with zero attached hydrogens (tertiary/aromatic N) is 3. The van der Waals surface area contributed by atoms with Crippen molar-refractivity contribution in [1.29, 1.82) is 0 Å². The van der Waals surface area contributed by atoms with Gasteiger partial charge >= 0.3 is 0 Å². The van der Waals surface area contributed by atoms with Crippen LogP contribution in [0, 0.1) is 0 Å². The zero-order valence-corrected chi connectivity index (χ0v) is 16.9. The lowest BCUT2D eigenvalue weighted by Crippen LogP contribution is -2.15. The van der Waals surface area contributed by atoms with Gasteiger partial charge in [-0.15, -0.1) is 0 Å². The molecule has 0 aliphatic heterocycles. The minimum atomic E-state index is -0.347. The van der Waals surface area contributed by atoms with E-state index in [0.717, 1.165) is 11.3 Å². The normalized spacial score (nSPS) is 11.4. The van der Waals surface area contributed by atoms with E-state index in [1.165, 1.54) is 4.68 Å². The minimum Gasteiger partial charge on any atom is -0.497 e. The third-order valence-corrected chi connectivity index (χ3v) is 4.31. The maximum Gasteiger partial charge on any atom is 0.276 e. The fourth-order valence-electron chi connectivity index (χ4n) is 2.69. The van der Waals surface area contributed by atoms with E-state index in [-0.39, 0.29) is 17.2 Å². The zero-order chi connectivity index (χ0) is 20.5.